The molecule has 34 heavy (non-hydrogen) atoms. The number of nitro benzene ring substituents is 2. The number of hydrogen-bond donors (Lipinski definition) is 0. The van der Waals surface area contributed by atoms with Crippen molar-refractivity contribution in [1.29, 1.82) is 0 Å². The number of benzene rings is 2. The Kier molecular flexibility index (Phi) is 4.94. The highest BCUT2D eigenvalue weighted by atomic mass is 32.2. The molecule has 0 radical (unpaired) electrons. The van der Waals surface area contributed by atoms with Crippen LogP contribution in [0.25, 0.3) is 21.9 Å². The van der Waals surface area contributed by atoms with E-state index in [9.17, 15) is 48.3 Å². The van der Waals surface area contributed by atoms with Crippen LogP contribution in [0.5, 0.6) is 0 Å². The van der Waals surface area contributed by atoms with Gasteiger partial charge in [-0.3, -0.25) is 30.3 Å². The predicted octanol–water partition coefficient (Wildman–Crippen LogP) is 2.46. The molecule has 0 aliphatic rings. The predicted molar refractivity (Wildman–Crippen MR) is 110 cm³/mol. The standard InChI is InChI=1S/C18H7N3O12S/c22-17-13(6-8-5-9(19(24)25)7-11(20(26)27)15(8)33-17)34(30,31)16-14(21(28)29)10-3-1-2-4-12(10)32-18(16)23/h1-7H. The number of non-ortho nitro benzene ring substituents is 2. The van der Waals surface area contributed by atoms with Crippen molar-refractivity contribution in [2.45, 2.75) is 9.79 Å². The Morgan fingerprint density at radius 1 is 0.794 bits per heavy atom. The summed E-state index contributed by atoms with van der Waals surface area (Å²) in [5.74, 6) is 0. The molecule has 0 bridgehead atoms. The van der Waals surface area contributed by atoms with Crippen molar-refractivity contribution in [3.05, 3.63) is 93.6 Å². The van der Waals surface area contributed by atoms with Crippen molar-refractivity contribution in [1.82, 2.24) is 0 Å². The molecule has 4 aromatic rings. The van der Waals surface area contributed by atoms with Gasteiger partial charge in [0.1, 0.15) is 5.58 Å². The van der Waals surface area contributed by atoms with Crippen LogP contribution < -0.4 is 11.3 Å². The van der Waals surface area contributed by atoms with Crippen LogP contribution in [-0.4, -0.2) is 23.2 Å². The van der Waals surface area contributed by atoms with Crippen LogP contribution in [0.3, 0.4) is 0 Å². The Bertz CT molecular complexity index is 1800. The zero-order chi connectivity index (χ0) is 24.9. The van der Waals surface area contributed by atoms with Crippen molar-refractivity contribution in [3.8, 4) is 0 Å². The molecule has 2 aromatic carbocycles. The van der Waals surface area contributed by atoms with Crippen molar-refractivity contribution in [2.75, 3.05) is 0 Å². The van der Waals surface area contributed by atoms with Gasteiger partial charge < -0.3 is 8.83 Å². The minimum atomic E-state index is -5.32. The topological polar surface area (TPSA) is 224 Å². The van der Waals surface area contributed by atoms with E-state index in [0.29, 0.717) is 18.2 Å². The molecule has 0 aliphatic carbocycles. The first-order chi connectivity index (χ1) is 15.9. The summed E-state index contributed by atoms with van der Waals surface area (Å²) >= 11 is 0. The lowest BCUT2D eigenvalue weighted by molar-refractivity contribution is -0.393. The van der Waals surface area contributed by atoms with Crippen molar-refractivity contribution < 1.29 is 32.0 Å². The molecule has 4 rings (SSSR count). The van der Waals surface area contributed by atoms with Gasteiger partial charge in [0.2, 0.25) is 20.3 Å². The molecule has 0 fully saturated rings. The summed E-state index contributed by atoms with van der Waals surface area (Å²) in [6, 6.07) is 6.68. The third kappa shape index (κ3) is 3.34. The highest BCUT2D eigenvalue weighted by molar-refractivity contribution is 7.91. The Balaban J connectivity index is 2.12. The zero-order valence-corrected chi connectivity index (χ0v) is 17.0. The fraction of sp³-hybridized carbons (Fsp3) is 0. The Morgan fingerprint density at radius 2 is 1.47 bits per heavy atom. The first-order valence-electron chi connectivity index (χ1n) is 8.79. The normalized spacial score (nSPS) is 11.5. The fourth-order valence-electron chi connectivity index (χ4n) is 3.25. The number of fused-ring (bicyclic) bond motifs is 2. The van der Waals surface area contributed by atoms with Gasteiger partial charge >= 0.3 is 22.6 Å². The van der Waals surface area contributed by atoms with Crippen LogP contribution in [0.4, 0.5) is 17.1 Å². The Morgan fingerprint density at radius 3 is 2.09 bits per heavy atom. The molecule has 15 nitrogen and oxygen atoms in total. The van der Waals surface area contributed by atoms with Crippen LogP contribution in [0.1, 0.15) is 0 Å². The summed E-state index contributed by atoms with van der Waals surface area (Å²) in [6.07, 6.45) is 0. The average Bonchev–Trinajstić information content (AvgIpc) is 2.76. The lowest BCUT2D eigenvalue weighted by Gasteiger charge is -2.07. The maximum Gasteiger partial charge on any atom is 0.362 e. The van der Waals surface area contributed by atoms with Gasteiger partial charge in [-0.25, -0.2) is 18.0 Å². The molecule has 0 N–H and O–H groups in total. The number of nitro groups is 3. The quantitative estimate of drug-likeness (QED) is 0.224. The molecule has 16 heteroatoms. The first-order valence-corrected chi connectivity index (χ1v) is 10.3. The van der Waals surface area contributed by atoms with Crippen molar-refractivity contribution in [3.63, 3.8) is 0 Å². The van der Waals surface area contributed by atoms with E-state index >= 15 is 0 Å². The van der Waals surface area contributed by atoms with Gasteiger partial charge in [-0.05, 0) is 18.2 Å². The molecule has 0 saturated heterocycles. The van der Waals surface area contributed by atoms with E-state index in [1.807, 2.05) is 0 Å². The van der Waals surface area contributed by atoms with E-state index in [2.05, 4.69) is 0 Å². The summed E-state index contributed by atoms with van der Waals surface area (Å²) in [5.41, 5.74) is -7.43. The van der Waals surface area contributed by atoms with Gasteiger partial charge in [-0.15, -0.1) is 0 Å². The molecule has 0 atom stereocenters. The third-order valence-electron chi connectivity index (χ3n) is 4.66. The molecule has 2 heterocycles. The van der Waals surface area contributed by atoms with Gasteiger partial charge in [0.15, 0.2) is 4.90 Å². The minimum absolute atomic E-state index is 0.296. The van der Waals surface area contributed by atoms with Gasteiger partial charge in [0, 0.05) is 11.5 Å². The van der Waals surface area contributed by atoms with Crippen LogP contribution in [-0.2, 0) is 9.84 Å². The number of rotatable bonds is 5. The monoisotopic (exact) mass is 489 g/mol. The van der Waals surface area contributed by atoms with Gasteiger partial charge in [0.05, 0.1) is 26.2 Å². The fourth-order valence-corrected chi connectivity index (χ4v) is 4.72. The number of sulfone groups is 1. The molecule has 0 aliphatic heterocycles. The van der Waals surface area contributed by atoms with Gasteiger partial charge in [-0.2, -0.15) is 0 Å². The van der Waals surface area contributed by atoms with Crippen LogP contribution in [0, 0.1) is 30.3 Å². The minimum Gasteiger partial charge on any atom is -0.421 e. The highest BCUT2D eigenvalue weighted by Gasteiger charge is 2.38. The van der Waals surface area contributed by atoms with E-state index < -0.39 is 73.7 Å². The van der Waals surface area contributed by atoms with E-state index in [1.165, 1.54) is 18.2 Å². The van der Waals surface area contributed by atoms with E-state index in [1.54, 1.807) is 0 Å². The number of hydrogen-bond acceptors (Lipinski definition) is 12. The Hall–Kier alpha value is -4.99. The summed E-state index contributed by atoms with van der Waals surface area (Å²) < 4.78 is 36.1. The maximum atomic E-state index is 13.2. The second-order valence-electron chi connectivity index (χ2n) is 6.62. The summed E-state index contributed by atoms with van der Waals surface area (Å²) in [7, 11) is -5.32. The molecule has 2 aromatic heterocycles. The largest absolute Gasteiger partial charge is 0.421 e. The smallest absolute Gasteiger partial charge is 0.362 e. The Labute approximate surface area is 184 Å². The molecule has 0 spiro atoms. The molecule has 0 amide bonds. The van der Waals surface area contributed by atoms with Gasteiger partial charge in [-0.1, -0.05) is 12.1 Å². The molecular formula is C18H7N3O12S. The number of nitrogens with zero attached hydrogens (tertiary/aromatic N) is 3. The van der Waals surface area contributed by atoms with E-state index in [-0.39, 0.29) is 11.0 Å². The summed E-state index contributed by atoms with van der Waals surface area (Å²) in [4.78, 5) is 53.0. The van der Waals surface area contributed by atoms with E-state index in [0.717, 1.165) is 6.07 Å². The highest BCUT2D eigenvalue weighted by Crippen LogP contribution is 2.35. The molecule has 172 valence electrons. The molecular weight excluding hydrogens is 482 g/mol. The zero-order valence-electron chi connectivity index (χ0n) is 16.2. The second kappa shape index (κ2) is 7.55. The van der Waals surface area contributed by atoms with Crippen LogP contribution in [0.15, 0.2) is 70.7 Å². The van der Waals surface area contributed by atoms with E-state index in [4.69, 9.17) is 8.83 Å². The molecule has 0 unspecified atom stereocenters. The van der Waals surface area contributed by atoms with Crippen LogP contribution >= 0.6 is 0 Å². The van der Waals surface area contributed by atoms with Crippen molar-refractivity contribution in [2.24, 2.45) is 0 Å². The summed E-state index contributed by atoms with van der Waals surface area (Å²) in [6.45, 7) is 0. The SMILES string of the molecule is O=c1oc2c([N+](=O)[O-])cc([N+](=O)[O-])cc2cc1S(=O)(=O)c1c([N+](=O)[O-])c2ccccc2oc1=O. The number of para-hydroxylation sites is 1. The lowest BCUT2D eigenvalue weighted by atomic mass is 10.2. The summed E-state index contributed by atoms with van der Waals surface area (Å²) in [5, 5.41) is 33.2. The second-order valence-corrected chi connectivity index (χ2v) is 8.47. The third-order valence-corrected chi connectivity index (χ3v) is 6.42. The molecule has 0 saturated carbocycles. The first kappa shape index (κ1) is 22.2. The van der Waals surface area contributed by atoms with Gasteiger partial charge in [0.25, 0.3) is 5.69 Å². The average molecular weight is 489 g/mol. The maximum absolute atomic E-state index is 13.2. The van der Waals surface area contributed by atoms with Crippen molar-refractivity contribution >= 4 is 48.8 Å². The van der Waals surface area contributed by atoms with Crippen LogP contribution in [0.2, 0.25) is 0 Å². The lowest BCUT2D eigenvalue weighted by Crippen LogP contribution is -2.22.